The van der Waals surface area contributed by atoms with E-state index >= 15 is 0 Å². The van der Waals surface area contributed by atoms with Gasteiger partial charge in [-0.3, -0.25) is 9.40 Å². The molecule has 0 aliphatic heterocycles. The summed E-state index contributed by atoms with van der Waals surface area (Å²) in [6, 6.07) is 3.27. The molecule has 21 heavy (non-hydrogen) atoms. The van der Waals surface area contributed by atoms with Crippen LogP contribution in [-0.2, 0) is 17.1 Å². The third kappa shape index (κ3) is 2.27. The summed E-state index contributed by atoms with van der Waals surface area (Å²) >= 11 is 0. The number of H-pyrrole nitrogens is 1. The van der Waals surface area contributed by atoms with E-state index in [4.69, 9.17) is 0 Å². The van der Waals surface area contributed by atoms with Crippen LogP contribution in [0.4, 0.5) is 10.1 Å². The number of hydrogen-bond donors (Lipinski definition) is 2. The highest BCUT2D eigenvalue weighted by Crippen LogP contribution is 2.29. The molecule has 0 unspecified atom stereocenters. The Morgan fingerprint density at radius 3 is 2.81 bits per heavy atom. The van der Waals surface area contributed by atoms with Gasteiger partial charge in [0.05, 0.1) is 17.4 Å². The number of nitrogens with zero attached hydrogens (tertiary/aromatic N) is 2. The number of nitrogens with one attached hydrogen (secondary N) is 2. The van der Waals surface area contributed by atoms with Crippen LogP contribution < -0.4 is 4.72 Å². The summed E-state index contributed by atoms with van der Waals surface area (Å²) in [7, 11) is -2.13. The van der Waals surface area contributed by atoms with Crippen molar-refractivity contribution in [3.05, 3.63) is 42.1 Å². The zero-order valence-corrected chi connectivity index (χ0v) is 12.2. The van der Waals surface area contributed by atoms with Crippen LogP contribution in [0.1, 0.15) is 5.56 Å². The molecule has 1 aromatic carbocycles. The summed E-state index contributed by atoms with van der Waals surface area (Å²) in [5.41, 5.74) is 1.44. The normalized spacial score (nSPS) is 12.0. The average Bonchev–Trinajstić information content (AvgIpc) is 3.00. The first-order valence-electron chi connectivity index (χ1n) is 6.16. The van der Waals surface area contributed by atoms with Crippen molar-refractivity contribution < 1.29 is 12.8 Å². The molecule has 0 bridgehead atoms. The summed E-state index contributed by atoms with van der Waals surface area (Å²) in [5.74, 6) is -0.412. The van der Waals surface area contributed by atoms with Crippen molar-refractivity contribution in [1.82, 2.24) is 14.8 Å². The summed E-state index contributed by atoms with van der Waals surface area (Å²) in [6.07, 6.45) is 3.85. The van der Waals surface area contributed by atoms with Gasteiger partial charge >= 0.3 is 0 Å². The Morgan fingerprint density at radius 2 is 2.14 bits per heavy atom. The Hall–Kier alpha value is -2.35. The molecule has 0 aliphatic carbocycles. The van der Waals surface area contributed by atoms with Gasteiger partial charge in [-0.25, -0.2) is 12.8 Å². The molecule has 8 heteroatoms. The molecule has 0 spiro atoms. The molecule has 0 radical (unpaired) electrons. The number of sulfonamides is 1. The van der Waals surface area contributed by atoms with E-state index in [9.17, 15) is 12.8 Å². The van der Waals surface area contributed by atoms with Gasteiger partial charge in [-0.15, -0.1) is 0 Å². The van der Waals surface area contributed by atoms with E-state index in [-0.39, 0.29) is 4.90 Å². The minimum absolute atomic E-state index is 0.0470. The number of anilines is 1. The summed E-state index contributed by atoms with van der Waals surface area (Å²) < 4.78 is 42.1. The number of aromatic nitrogens is 3. The van der Waals surface area contributed by atoms with Gasteiger partial charge in [0.15, 0.2) is 0 Å². The van der Waals surface area contributed by atoms with Gasteiger partial charge in [0, 0.05) is 24.8 Å². The van der Waals surface area contributed by atoms with Crippen LogP contribution in [0, 0.1) is 12.7 Å². The van der Waals surface area contributed by atoms with Crippen LogP contribution in [0.2, 0.25) is 0 Å². The van der Waals surface area contributed by atoms with Gasteiger partial charge in [0.1, 0.15) is 10.7 Å². The Morgan fingerprint density at radius 1 is 1.38 bits per heavy atom. The maximum Gasteiger partial charge on any atom is 0.265 e. The number of rotatable bonds is 3. The summed E-state index contributed by atoms with van der Waals surface area (Å²) in [4.78, 5) is 2.80. The lowest BCUT2D eigenvalue weighted by Crippen LogP contribution is -2.12. The van der Waals surface area contributed by atoms with Crippen molar-refractivity contribution >= 4 is 26.6 Å². The highest BCUT2D eigenvalue weighted by Gasteiger charge is 2.19. The van der Waals surface area contributed by atoms with Crippen molar-refractivity contribution in [2.75, 3.05) is 4.72 Å². The Labute approximate surface area is 120 Å². The molecule has 2 aromatic heterocycles. The average molecular weight is 308 g/mol. The maximum absolute atomic E-state index is 13.7. The molecule has 110 valence electrons. The lowest BCUT2D eigenvalue weighted by molar-refractivity contribution is 0.601. The molecule has 2 heterocycles. The molecular weight excluding hydrogens is 295 g/mol. The molecular formula is C13H13FN4O2S. The molecule has 2 N–H and O–H groups in total. The topological polar surface area (TPSA) is 79.8 Å². The van der Waals surface area contributed by atoms with E-state index in [0.29, 0.717) is 16.6 Å². The molecule has 0 amide bonds. The molecule has 3 rings (SSSR count). The number of benzene rings is 1. The van der Waals surface area contributed by atoms with E-state index < -0.39 is 15.8 Å². The minimum Gasteiger partial charge on any atom is -0.357 e. The van der Waals surface area contributed by atoms with E-state index in [1.54, 1.807) is 26.1 Å². The fourth-order valence-corrected chi connectivity index (χ4v) is 3.25. The first kappa shape index (κ1) is 13.6. The first-order valence-corrected chi connectivity index (χ1v) is 7.64. The van der Waals surface area contributed by atoms with E-state index in [0.717, 1.165) is 5.56 Å². The minimum atomic E-state index is -3.76. The second-order valence-electron chi connectivity index (χ2n) is 4.77. The highest BCUT2D eigenvalue weighted by molar-refractivity contribution is 7.92. The number of aromatic amines is 1. The number of fused-ring (bicyclic) bond motifs is 1. The van der Waals surface area contributed by atoms with E-state index in [2.05, 4.69) is 14.8 Å². The standard InChI is InChI=1S/C13H13FN4O2S/c1-8-3-4-11(13-12(8)10(14)6-15-13)17-21(19,20)9-5-16-18(2)7-9/h3-7,15,17H,1-2H3. The predicted octanol–water partition coefficient (Wildman–Crippen LogP) is 2.15. The van der Waals surface area contributed by atoms with E-state index in [1.807, 2.05) is 0 Å². The molecule has 6 nitrogen and oxygen atoms in total. The quantitative estimate of drug-likeness (QED) is 0.778. The zero-order valence-electron chi connectivity index (χ0n) is 11.4. The Bertz CT molecular complexity index is 927. The van der Waals surface area contributed by atoms with Gasteiger partial charge in [-0.05, 0) is 18.6 Å². The fourth-order valence-electron chi connectivity index (χ4n) is 2.20. The number of hydrogen-bond acceptors (Lipinski definition) is 3. The zero-order chi connectivity index (χ0) is 15.2. The van der Waals surface area contributed by atoms with Crippen molar-refractivity contribution in [3.63, 3.8) is 0 Å². The largest absolute Gasteiger partial charge is 0.357 e. The van der Waals surface area contributed by atoms with Crippen LogP contribution in [0.3, 0.4) is 0 Å². The molecule has 0 aliphatic rings. The van der Waals surface area contributed by atoms with Gasteiger partial charge in [-0.2, -0.15) is 5.10 Å². The van der Waals surface area contributed by atoms with Crippen LogP contribution in [0.15, 0.2) is 35.6 Å². The SMILES string of the molecule is Cc1ccc(NS(=O)(=O)c2cnn(C)c2)c2[nH]cc(F)c12. The third-order valence-electron chi connectivity index (χ3n) is 3.23. The predicted molar refractivity (Wildman–Crippen MR) is 77.0 cm³/mol. The maximum atomic E-state index is 13.7. The smallest absolute Gasteiger partial charge is 0.265 e. The van der Waals surface area contributed by atoms with Crippen molar-refractivity contribution in [1.29, 1.82) is 0 Å². The van der Waals surface area contributed by atoms with Crippen LogP contribution in [-0.4, -0.2) is 23.2 Å². The van der Waals surface area contributed by atoms with Crippen molar-refractivity contribution in [2.24, 2.45) is 7.05 Å². The lowest BCUT2D eigenvalue weighted by atomic mass is 10.1. The molecule has 0 saturated carbocycles. The molecule has 0 fully saturated rings. The van der Waals surface area contributed by atoms with Crippen molar-refractivity contribution in [2.45, 2.75) is 11.8 Å². The Kier molecular flexibility index (Phi) is 2.98. The molecule has 0 saturated heterocycles. The fraction of sp³-hybridized carbons (Fsp3) is 0.154. The number of aryl methyl sites for hydroxylation is 2. The summed E-state index contributed by atoms with van der Waals surface area (Å²) in [6.45, 7) is 1.76. The molecule has 0 atom stereocenters. The van der Waals surface area contributed by atoms with Gasteiger partial charge in [-0.1, -0.05) is 6.07 Å². The Balaban J connectivity index is 2.08. The number of halogens is 1. The third-order valence-corrected chi connectivity index (χ3v) is 4.55. The van der Waals surface area contributed by atoms with Crippen LogP contribution in [0.5, 0.6) is 0 Å². The van der Waals surface area contributed by atoms with Gasteiger partial charge in [0.25, 0.3) is 10.0 Å². The second kappa shape index (κ2) is 4.59. The first-order chi connectivity index (χ1) is 9.88. The van der Waals surface area contributed by atoms with Crippen LogP contribution in [0.25, 0.3) is 10.9 Å². The van der Waals surface area contributed by atoms with E-state index in [1.165, 1.54) is 23.3 Å². The molecule has 3 aromatic rings. The lowest BCUT2D eigenvalue weighted by Gasteiger charge is -2.08. The monoisotopic (exact) mass is 308 g/mol. The van der Waals surface area contributed by atoms with Gasteiger partial charge < -0.3 is 4.98 Å². The highest BCUT2D eigenvalue weighted by atomic mass is 32.2. The second-order valence-corrected chi connectivity index (χ2v) is 6.45. The van der Waals surface area contributed by atoms with Crippen LogP contribution >= 0.6 is 0 Å². The van der Waals surface area contributed by atoms with Gasteiger partial charge in [0.2, 0.25) is 0 Å². The summed E-state index contributed by atoms with van der Waals surface area (Å²) in [5, 5.41) is 4.21. The van der Waals surface area contributed by atoms with Crippen molar-refractivity contribution in [3.8, 4) is 0 Å².